The van der Waals surface area contributed by atoms with Crippen LogP contribution in [0.1, 0.15) is 5.56 Å². The number of alkyl halides is 3. The molecule has 2 aromatic rings. The van der Waals surface area contributed by atoms with Crippen LogP contribution in [0.3, 0.4) is 0 Å². The Labute approximate surface area is 195 Å². The van der Waals surface area contributed by atoms with Crippen molar-refractivity contribution < 1.29 is 45.7 Å². The topological polar surface area (TPSA) is 133 Å². The molecule has 1 aliphatic heterocycles. The number of hydrogen-bond acceptors (Lipinski definition) is 8. The van der Waals surface area contributed by atoms with Crippen molar-refractivity contribution in [2.75, 3.05) is 26.3 Å². The number of β-amino-alcohol motifs (C(OH)–C–C–N with tert-alkyl or cyclic N) is 1. The zero-order valence-corrected chi connectivity index (χ0v) is 18.5. The second kappa shape index (κ2) is 9.51. The predicted molar refractivity (Wildman–Crippen MR) is 107 cm³/mol. The van der Waals surface area contributed by atoms with Crippen molar-refractivity contribution >= 4 is 21.6 Å². The van der Waals surface area contributed by atoms with Crippen LogP contribution in [-0.2, 0) is 10.0 Å². The lowest BCUT2D eigenvalue weighted by atomic mass is 10.0. The zero-order chi connectivity index (χ0) is 25.3. The fourth-order valence-electron chi connectivity index (χ4n) is 3.09. The van der Waals surface area contributed by atoms with Gasteiger partial charge in [-0.25, -0.2) is 17.8 Å². The van der Waals surface area contributed by atoms with E-state index in [0.717, 1.165) is 16.6 Å². The van der Waals surface area contributed by atoms with Crippen molar-refractivity contribution in [1.82, 2.24) is 9.29 Å². The van der Waals surface area contributed by atoms with Crippen molar-refractivity contribution in [3.8, 4) is 17.6 Å². The highest BCUT2D eigenvalue weighted by Gasteiger charge is 2.51. The van der Waals surface area contributed by atoms with Crippen LogP contribution in [0.5, 0.6) is 11.5 Å². The van der Waals surface area contributed by atoms with E-state index in [2.05, 4.69) is 9.72 Å². The van der Waals surface area contributed by atoms with Gasteiger partial charge < -0.3 is 19.7 Å². The van der Waals surface area contributed by atoms with Crippen molar-refractivity contribution in [2.45, 2.75) is 22.9 Å². The van der Waals surface area contributed by atoms with Crippen LogP contribution in [0.4, 0.5) is 17.6 Å². The van der Waals surface area contributed by atoms with E-state index in [1.807, 2.05) is 0 Å². The molecule has 0 radical (unpaired) electrons. The maximum Gasteiger partial charge on any atom is 0.422 e. The summed E-state index contributed by atoms with van der Waals surface area (Å²) in [4.78, 5) is 3.72. The predicted octanol–water partition coefficient (Wildman–Crippen LogP) is 1.86. The van der Waals surface area contributed by atoms with E-state index >= 15 is 0 Å². The molecule has 1 saturated heterocycles. The normalized spacial score (nSPS) is 21.3. The minimum atomic E-state index is -4.77. The monoisotopic (exact) mass is 525 g/mol. The van der Waals surface area contributed by atoms with Crippen LogP contribution in [0.2, 0.25) is 5.02 Å². The van der Waals surface area contributed by atoms with Gasteiger partial charge in [-0.3, -0.25) is 0 Å². The van der Waals surface area contributed by atoms with Crippen molar-refractivity contribution in [3.05, 3.63) is 46.9 Å². The average Bonchev–Trinajstić information content (AvgIpc) is 3.10. The smallest absolute Gasteiger partial charge is 0.422 e. The van der Waals surface area contributed by atoms with Crippen LogP contribution in [0.15, 0.2) is 35.5 Å². The highest BCUT2D eigenvalue weighted by Crippen LogP contribution is 2.36. The lowest BCUT2D eigenvalue weighted by molar-refractivity contribution is -0.153. The molecule has 0 amide bonds. The molecular formula is C19H16ClF4N3O6S. The minimum absolute atomic E-state index is 0.169. The van der Waals surface area contributed by atoms with Crippen molar-refractivity contribution in [2.24, 2.45) is 0 Å². The standard InChI is InChI=1S/C19H16ClF4N3O6S/c20-12-1-2-17(26-6-12)34(30,31)27-7-16(18(29,8-27)9-28)33-15-4-13(21)11(5-25)3-14(15)32-10-19(22,23)24/h1-4,6,16,28-29H,7-10H2/t16-,18+/m0/s1. The second-order valence-electron chi connectivity index (χ2n) is 7.27. The molecule has 184 valence electrons. The number of sulfonamides is 1. The minimum Gasteiger partial charge on any atom is -0.482 e. The molecule has 34 heavy (non-hydrogen) atoms. The van der Waals surface area contributed by atoms with Crippen LogP contribution in [0.25, 0.3) is 0 Å². The summed E-state index contributed by atoms with van der Waals surface area (Å²) in [5.41, 5.74) is -2.85. The molecule has 1 aliphatic rings. The van der Waals surface area contributed by atoms with E-state index in [4.69, 9.17) is 21.6 Å². The summed E-state index contributed by atoms with van der Waals surface area (Å²) in [6.45, 7) is -4.05. The number of nitriles is 1. The Morgan fingerprint density at radius 3 is 2.59 bits per heavy atom. The summed E-state index contributed by atoms with van der Waals surface area (Å²) in [6, 6.07) is 5.08. The lowest BCUT2D eigenvalue weighted by Gasteiger charge is -2.28. The first kappa shape index (κ1) is 25.9. The summed E-state index contributed by atoms with van der Waals surface area (Å²) in [5, 5.41) is 29.2. The van der Waals surface area contributed by atoms with E-state index < -0.39 is 82.1 Å². The maximum atomic E-state index is 14.2. The van der Waals surface area contributed by atoms with Gasteiger partial charge in [0.1, 0.15) is 23.6 Å². The molecule has 15 heteroatoms. The highest BCUT2D eigenvalue weighted by atomic mass is 35.5. The van der Waals surface area contributed by atoms with Gasteiger partial charge in [0.15, 0.2) is 23.1 Å². The first-order valence-electron chi connectivity index (χ1n) is 9.34. The number of ether oxygens (including phenoxy) is 2. The summed E-state index contributed by atoms with van der Waals surface area (Å²) in [6.07, 6.45) is -5.24. The second-order valence-corrected chi connectivity index (χ2v) is 9.60. The summed E-state index contributed by atoms with van der Waals surface area (Å²) in [7, 11) is -4.31. The molecule has 0 aliphatic carbocycles. The number of pyridine rings is 1. The Balaban J connectivity index is 1.93. The maximum absolute atomic E-state index is 14.2. The van der Waals surface area contributed by atoms with Gasteiger partial charge in [-0.1, -0.05) is 11.6 Å². The van der Waals surface area contributed by atoms with Crippen LogP contribution in [0, 0.1) is 17.1 Å². The third-order valence-corrected chi connectivity index (χ3v) is 6.76. The largest absolute Gasteiger partial charge is 0.482 e. The van der Waals surface area contributed by atoms with Crippen LogP contribution >= 0.6 is 11.6 Å². The fourth-order valence-corrected chi connectivity index (χ4v) is 4.62. The van der Waals surface area contributed by atoms with Gasteiger partial charge in [-0.05, 0) is 12.1 Å². The first-order chi connectivity index (χ1) is 15.8. The molecule has 0 spiro atoms. The van der Waals surface area contributed by atoms with Gasteiger partial charge >= 0.3 is 6.18 Å². The molecule has 9 nitrogen and oxygen atoms in total. The Morgan fingerprint density at radius 1 is 1.32 bits per heavy atom. The van der Waals surface area contributed by atoms with E-state index in [0.29, 0.717) is 12.1 Å². The molecule has 1 aromatic carbocycles. The summed E-state index contributed by atoms with van der Waals surface area (Å²) >= 11 is 5.71. The number of aliphatic hydroxyl groups is 2. The Bertz CT molecular complexity index is 1210. The van der Waals surface area contributed by atoms with Crippen LogP contribution < -0.4 is 9.47 Å². The number of aliphatic hydroxyl groups excluding tert-OH is 1. The average molecular weight is 526 g/mol. The van der Waals surface area contributed by atoms with Gasteiger partial charge in [0.2, 0.25) is 0 Å². The number of hydrogen-bond donors (Lipinski definition) is 2. The summed E-state index contributed by atoms with van der Waals surface area (Å²) in [5.74, 6) is -2.46. The number of rotatable bonds is 7. The number of halogens is 5. The Morgan fingerprint density at radius 2 is 2.03 bits per heavy atom. The van der Waals surface area contributed by atoms with Gasteiger partial charge in [0, 0.05) is 24.9 Å². The Kier molecular flexibility index (Phi) is 7.25. The van der Waals surface area contributed by atoms with E-state index in [1.54, 1.807) is 0 Å². The SMILES string of the molecule is N#Cc1cc(OCC(F)(F)F)c(O[C@H]2CN(S(=O)(=O)c3ccc(Cl)cn3)C[C@@]2(O)CO)cc1F. The van der Waals surface area contributed by atoms with E-state index in [-0.39, 0.29) is 5.02 Å². The number of benzene rings is 1. The van der Waals surface area contributed by atoms with Gasteiger partial charge in [0.25, 0.3) is 10.0 Å². The zero-order valence-electron chi connectivity index (χ0n) is 17.0. The van der Waals surface area contributed by atoms with Crippen molar-refractivity contribution in [3.63, 3.8) is 0 Å². The van der Waals surface area contributed by atoms with Crippen molar-refractivity contribution in [1.29, 1.82) is 5.26 Å². The highest BCUT2D eigenvalue weighted by molar-refractivity contribution is 7.89. The number of aromatic nitrogens is 1. The summed E-state index contributed by atoms with van der Waals surface area (Å²) < 4.78 is 88.6. The molecule has 2 atom stereocenters. The van der Waals surface area contributed by atoms with E-state index in [9.17, 15) is 36.2 Å². The third kappa shape index (κ3) is 5.50. The molecule has 0 unspecified atom stereocenters. The van der Waals surface area contributed by atoms with Crippen LogP contribution in [-0.4, -0.2) is 72.1 Å². The Hall–Kier alpha value is -2.70. The van der Waals surface area contributed by atoms with Gasteiger partial charge in [-0.2, -0.15) is 22.7 Å². The first-order valence-corrected chi connectivity index (χ1v) is 11.2. The van der Waals surface area contributed by atoms with Gasteiger partial charge in [0.05, 0.1) is 23.7 Å². The lowest BCUT2D eigenvalue weighted by Crippen LogP contribution is -2.48. The van der Waals surface area contributed by atoms with E-state index in [1.165, 1.54) is 12.1 Å². The molecule has 1 aromatic heterocycles. The molecule has 3 rings (SSSR count). The number of nitrogens with zero attached hydrogens (tertiary/aromatic N) is 3. The molecule has 0 saturated carbocycles. The third-order valence-electron chi connectivity index (χ3n) is 4.81. The quantitative estimate of drug-likeness (QED) is 0.523. The molecule has 2 heterocycles. The molecule has 1 fully saturated rings. The fraction of sp³-hybridized carbons (Fsp3) is 0.368. The van der Waals surface area contributed by atoms with Gasteiger partial charge in [-0.15, -0.1) is 0 Å². The molecular weight excluding hydrogens is 510 g/mol. The molecule has 2 N–H and O–H groups in total. The molecule has 0 bridgehead atoms.